The molecule has 12 unspecified atom stereocenters. The van der Waals surface area contributed by atoms with E-state index in [1.165, 1.54) is 108 Å². The van der Waals surface area contributed by atoms with Crippen molar-refractivity contribution in [2.24, 2.45) is 87.8 Å². The Labute approximate surface area is 575 Å². The van der Waals surface area contributed by atoms with E-state index < -0.39 is 11.4 Å². The zero-order valence-electron chi connectivity index (χ0n) is 61.1. The van der Waals surface area contributed by atoms with Gasteiger partial charge in [0, 0.05) is 20.9 Å². The van der Waals surface area contributed by atoms with E-state index in [-0.39, 0.29) is 28.3 Å². The van der Waals surface area contributed by atoms with E-state index in [4.69, 9.17) is 30.1 Å². The van der Waals surface area contributed by atoms with Crippen LogP contribution in [0.1, 0.15) is 310 Å². The van der Waals surface area contributed by atoms with Crippen molar-refractivity contribution in [3.8, 4) is 0 Å². The van der Waals surface area contributed by atoms with Crippen molar-refractivity contribution in [1.29, 1.82) is 0 Å². The minimum atomic E-state index is -1.72. The number of hydrogen-bond donors (Lipinski definition) is 0. The van der Waals surface area contributed by atoms with Gasteiger partial charge in [0.25, 0.3) is 0 Å². The number of hydrogen-bond acceptors (Lipinski definition) is 0. The molecule has 0 nitrogen and oxygen atoms in total. The molecule has 7 fully saturated rings. The monoisotopic (exact) mass is 1360 g/mol. The molecule has 11 rings (SSSR count). The minimum Gasteiger partial charge on any atom is -0.214 e. The molecule has 0 amide bonds. The second-order valence-electron chi connectivity index (χ2n) is 27.0. The molecule has 11 aliphatic carbocycles. The third kappa shape index (κ3) is 44.8. The summed E-state index contributed by atoms with van der Waals surface area (Å²) >= 11 is -1.72. The first-order valence-corrected chi connectivity index (χ1v) is 40.6. The largest absolute Gasteiger partial charge is 0.643 e. The molecule has 0 aromatic heterocycles. The maximum Gasteiger partial charge on any atom is 0.643 e. The Morgan fingerprint density at radius 1 is 0.616 bits per heavy atom. The standard InChI is InChI=1S/C12H26.2C10H16.C10H12.C10H16.2C6H8.C4H8.6C2H6.CH4.Al.3ClH.Ru.H2/c1-10(8-11(2,3)4)9-12(5,6)7;3*1-2-9-7-4-5-8(6-7)10(9)3-1;1-5-10(4)8-6-7-9(2)3;2*1-6-4-2-3-5-6;1-4(2)3;6*1-2;;;;;;;/h10H,8-9H2,1-7H3;2*7-10H,1-6H2;1-2,4-5,7-10H,3,6H2;5,7H,1,4,6,8H2,2-3H3;2,4-5H,3H2,1H3;2,4H,1,3,5H2;1H2,2-3H3;6*1-2H3;1H4;;3*1H;;1H/q;;;;;;;;;;;;;;;+3;;;;;/p-3/i;;;;;;;;;;;;;;;;;;;;1+1. The second-order valence-corrected chi connectivity index (χ2v) is 33.4. The maximum atomic E-state index is 4.94. The summed E-state index contributed by atoms with van der Waals surface area (Å²) < 4.78 is 0. The average Bonchev–Trinajstić information content (AvgIpc) is 1.90. The Balaban J connectivity index is -0.000000164. The van der Waals surface area contributed by atoms with Crippen molar-refractivity contribution in [2.75, 3.05) is 0 Å². The van der Waals surface area contributed by atoms with Crippen LogP contribution in [-0.4, -0.2) is 11.4 Å². The van der Waals surface area contributed by atoms with Crippen LogP contribution >= 0.6 is 30.1 Å². The van der Waals surface area contributed by atoms with E-state index in [1.54, 1.807) is 77.0 Å². The van der Waals surface area contributed by atoms with E-state index in [9.17, 15) is 0 Å². The van der Waals surface area contributed by atoms with Gasteiger partial charge in [0.2, 0.25) is 0 Å². The van der Waals surface area contributed by atoms with Crippen LogP contribution in [0, 0.1) is 87.8 Å². The third-order valence-electron chi connectivity index (χ3n) is 17.3. The fourth-order valence-corrected chi connectivity index (χ4v) is 15.0. The van der Waals surface area contributed by atoms with Crippen LogP contribution in [0.15, 0.2) is 121 Å². The molecule has 0 heterocycles. The summed E-state index contributed by atoms with van der Waals surface area (Å²) in [6.07, 6.45) is 54.7. The molecular formula is C81H152AlCl3Ru. The van der Waals surface area contributed by atoms with Gasteiger partial charge in [-0.15, -0.1) is 6.58 Å². The van der Waals surface area contributed by atoms with Gasteiger partial charge in [-0.3, -0.25) is 0 Å². The molecule has 86 heavy (non-hydrogen) atoms. The quantitative estimate of drug-likeness (QED) is 0.141. The van der Waals surface area contributed by atoms with Gasteiger partial charge in [0.05, 0.1) is 0 Å². The van der Waals surface area contributed by atoms with Gasteiger partial charge in [-0.05, 0) is 244 Å². The summed E-state index contributed by atoms with van der Waals surface area (Å²) in [6.45, 7) is 65.4. The van der Waals surface area contributed by atoms with Gasteiger partial charge in [-0.2, -0.15) is 0 Å². The van der Waals surface area contributed by atoms with Gasteiger partial charge in [-0.1, -0.05) is 266 Å². The minimum absolute atomic E-state index is 0. The average molecular weight is 1360 g/mol. The SMILES string of the molecule is C.C1=CC2C3C=CC(C3)C2C1.C1CC2C3CCC(C3)C2C1.C1CC2C3CCC(C3)C2C1.C=C(C)C.C=C1C=CCC1.C=CC(=C)CCC=C(C)C.CC.CC.CC.CC.CC.CC.CC(CC(C)(C)C)CC(C)(C)C.CC1=CCC=C1.[2HH].[Cl][Al]([Cl])[Cl].[Ru]. The Kier molecular flexibility index (Phi) is 65.4. The first-order chi connectivity index (χ1) is 39.9. The Bertz CT molecular complexity index is 1740. The smallest absolute Gasteiger partial charge is 0.214 e. The number of rotatable bonds is 6. The van der Waals surface area contributed by atoms with E-state index >= 15 is 0 Å². The maximum absolute atomic E-state index is 4.94. The molecule has 7 saturated carbocycles. The molecule has 6 bridgehead atoms. The summed E-state index contributed by atoms with van der Waals surface area (Å²) in [6, 6.07) is 0. The summed E-state index contributed by atoms with van der Waals surface area (Å²) in [7, 11) is 14.8. The van der Waals surface area contributed by atoms with E-state index in [0.717, 1.165) is 54.4 Å². The second kappa shape index (κ2) is 58.3. The van der Waals surface area contributed by atoms with Crippen LogP contribution in [-0.2, 0) is 19.5 Å². The van der Waals surface area contributed by atoms with Crippen LogP contribution in [0.3, 0.4) is 0 Å². The van der Waals surface area contributed by atoms with Crippen LogP contribution in [0.25, 0.3) is 0 Å². The number of allylic oxidation sites excluding steroid dienone is 16. The Morgan fingerprint density at radius 3 is 1.28 bits per heavy atom. The summed E-state index contributed by atoms with van der Waals surface area (Å²) in [5, 5.41) is 0. The first kappa shape index (κ1) is 96.5. The predicted molar refractivity (Wildman–Crippen MR) is 406 cm³/mol. The molecule has 0 N–H and O–H groups in total. The van der Waals surface area contributed by atoms with Crippen molar-refractivity contribution >= 4 is 41.5 Å². The van der Waals surface area contributed by atoms with Gasteiger partial charge in [-0.25, -0.2) is 30.1 Å². The van der Waals surface area contributed by atoms with Crippen LogP contribution < -0.4 is 0 Å². The molecule has 0 aliphatic heterocycles. The molecule has 0 aromatic rings. The summed E-state index contributed by atoms with van der Waals surface area (Å²) in [5.74, 6) is 14.3. The van der Waals surface area contributed by atoms with Crippen LogP contribution in [0.4, 0.5) is 0 Å². The Morgan fingerprint density at radius 2 is 1.01 bits per heavy atom. The molecule has 0 saturated heterocycles. The van der Waals surface area contributed by atoms with Crippen molar-refractivity contribution in [2.45, 2.75) is 308 Å². The zero-order valence-corrected chi connectivity index (χ0v) is 66.3. The summed E-state index contributed by atoms with van der Waals surface area (Å²) in [5.41, 5.74) is 7.31. The predicted octanol–water partition coefficient (Wildman–Crippen LogP) is 30.1. The normalized spacial score (nSPS) is 26.4. The fourth-order valence-electron chi connectivity index (χ4n) is 15.0. The van der Waals surface area contributed by atoms with Crippen LogP contribution in [0.5, 0.6) is 0 Å². The third-order valence-corrected chi connectivity index (χ3v) is 17.3. The van der Waals surface area contributed by atoms with Crippen molar-refractivity contribution in [3.05, 3.63) is 121 Å². The van der Waals surface area contributed by atoms with E-state index in [0.29, 0.717) is 10.8 Å². The van der Waals surface area contributed by atoms with Crippen LogP contribution in [0.2, 0.25) is 0 Å². The fraction of sp³-hybridized carbons (Fsp3) is 0.753. The van der Waals surface area contributed by atoms with E-state index in [2.05, 4.69) is 156 Å². The zero-order chi connectivity index (χ0) is 65.6. The number of fused-ring (bicyclic) bond motifs is 15. The van der Waals surface area contributed by atoms with Gasteiger partial charge in [0.1, 0.15) is 0 Å². The molecule has 12 atom stereocenters. The van der Waals surface area contributed by atoms with Crippen molar-refractivity contribution < 1.29 is 20.9 Å². The Hall–Kier alpha value is -0.574. The summed E-state index contributed by atoms with van der Waals surface area (Å²) in [4.78, 5) is 0. The topological polar surface area (TPSA) is 0 Å². The molecule has 0 spiro atoms. The first-order valence-electron chi connectivity index (χ1n) is 35.4. The van der Waals surface area contributed by atoms with Gasteiger partial charge in [0.15, 0.2) is 0 Å². The number of halogens is 3. The van der Waals surface area contributed by atoms with Gasteiger partial charge < -0.3 is 0 Å². The molecule has 5 heteroatoms. The van der Waals surface area contributed by atoms with Gasteiger partial charge >= 0.3 is 11.4 Å². The van der Waals surface area contributed by atoms with E-state index in [1.807, 2.05) is 103 Å². The van der Waals surface area contributed by atoms with Crippen molar-refractivity contribution in [3.63, 3.8) is 0 Å². The molecule has 508 valence electrons. The molecular weight excluding hydrogens is 1210 g/mol. The molecule has 0 aromatic carbocycles. The molecule has 0 radical (unpaired) electrons. The van der Waals surface area contributed by atoms with Crippen molar-refractivity contribution in [1.82, 2.24) is 0 Å². The molecule has 11 aliphatic rings.